The molecule has 0 aromatic rings. The summed E-state index contributed by atoms with van der Waals surface area (Å²) in [5.41, 5.74) is 0. The second-order valence-electron chi connectivity index (χ2n) is 22.8. The van der Waals surface area contributed by atoms with E-state index in [1.165, 1.54) is 6.92 Å². The van der Waals surface area contributed by atoms with Crippen molar-refractivity contribution in [2.75, 3.05) is 33.5 Å². The molecular weight excluding hydrogens is 1210 g/mol. The van der Waals surface area contributed by atoms with Crippen molar-refractivity contribution >= 4 is 73.6 Å². The summed E-state index contributed by atoms with van der Waals surface area (Å²) >= 11 is 0. The molecule has 21 atom stereocenters. The lowest BCUT2D eigenvalue weighted by Crippen LogP contribution is -2.72. The van der Waals surface area contributed by atoms with Crippen LogP contribution >= 0.6 is 0 Å². The monoisotopic (exact) mass is 1300 g/mol. The first-order valence-corrected chi connectivity index (χ1v) is 32.4. The van der Waals surface area contributed by atoms with E-state index < -0.39 is 228 Å². The number of carbonyl (C=O) groups is 11. The van der Waals surface area contributed by atoms with Gasteiger partial charge in [-0.05, 0) is 19.4 Å². The van der Waals surface area contributed by atoms with Crippen LogP contribution in [0.4, 0.5) is 0 Å². The van der Waals surface area contributed by atoms with E-state index in [0.29, 0.717) is 12.5 Å². The number of aliphatic hydroxyl groups excluding tert-OH is 3. The van der Waals surface area contributed by atoms with Crippen molar-refractivity contribution in [2.24, 2.45) is 0 Å². The fraction of sp³-hybridized carbons (Fsp3) is 0.800. The molecule has 4 aliphatic heterocycles. The smallest absolute Gasteiger partial charge is 0.366 e. The fourth-order valence-corrected chi connectivity index (χ4v) is 10.8. The van der Waals surface area contributed by atoms with Crippen LogP contribution in [0.15, 0.2) is 0 Å². The zero-order valence-electron chi connectivity index (χ0n) is 52.5. The third-order valence-electron chi connectivity index (χ3n) is 13.9. The molecule has 4 rings (SSSR count). The van der Waals surface area contributed by atoms with E-state index in [1.807, 2.05) is 0 Å². The highest BCUT2D eigenvalue weighted by Crippen LogP contribution is 2.43. The summed E-state index contributed by atoms with van der Waals surface area (Å²) < 4.78 is 102. The zero-order valence-corrected chi connectivity index (χ0v) is 53.5. The first-order chi connectivity index (χ1) is 41.5. The maximum Gasteiger partial charge on any atom is 0.366 e. The number of carbonyl (C=O) groups excluding carboxylic acids is 11. The first-order valence-electron chi connectivity index (χ1n) is 28.7. The van der Waals surface area contributed by atoms with Crippen molar-refractivity contribution in [3.63, 3.8) is 0 Å². The van der Waals surface area contributed by atoms with Gasteiger partial charge in [-0.25, -0.2) is 4.79 Å². The molecule has 506 valence electrons. The number of aliphatic hydroxyl groups is 3. The Kier molecular flexibility index (Phi) is 28.7. The van der Waals surface area contributed by atoms with Gasteiger partial charge in [-0.2, -0.15) is 0 Å². The lowest BCUT2D eigenvalue weighted by Gasteiger charge is -2.53. The molecule has 0 unspecified atom stereocenters. The lowest BCUT2D eigenvalue weighted by atomic mass is 9.87. The largest absolute Gasteiger partial charge is 0.465 e. The van der Waals surface area contributed by atoms with Crippen molar-refractivity contribution in [1.29, 1.82) is 0 Å². The van der Waals surface area contributed by atoms with Crippen LogP contribution in [0.1, 0.15) is 95.4 Å². The standard InChI is InChI=1S/C55H86N2O31Si/c1-16-17-38(67)57-40-47(86-52-43(70)42(69)41(68)24(2)77-52)44(36(22-75-27(5)60)83-51(40)73-18-19-89(13,14)15)85-53-50(82-33(11)66)49(46(81-32(10)65)37(84-53)23-76-28(6)61)88-55(54(71)72-12)20-34(78-29(7)62)39(56-25(3)58)48(87-55)45(80-31(9)64)35(79-30(8)63)21-74-26(4)59/h24,34-37,39-53,68-70H,16-23H2,1-15H3,(H,56,58)(H,57,67)/t24-,34-,35+,36+,37+,39+,40+,41+,42+,43-,44+,45+,46-,47+,48+,49-,50+,51+,52-,53-,55-/m0/s1. The predicted molar refractivity (Wildman–Crippen MR) is 295 cm³/mol. The van der Waals surface area contributed by atoms with Gasteiger partial charge in [0.25, 0.3) is 5.79 Å². The molecule has 0 aromatic carbocycles. The van der Waals surface area contributed by atoms with E-state index in [9.17, 15) is 68.1 Å². The molecule has 0 bridgehead atoms. The minimum atomic E-state index is -3.19. The van der Waals surface area contributed by atoms with Crippen LogP contribution in [0.2, 0.25) is 25.7 Å². The number of methoxy groups -OCH3 is 1. The molecule has 0 radical (unpaired) electrons. The van der Waals surface area contributed by atoms with Gasteiger partial charge in [-0.3, -0.25) is 47.9 Å². The van der Waals surface area contributed by atoms with Gasteiger partial charge in [-0.15, -0.1) is 0 Å². The first kappa shape index (κ1) is 75.4. The summed E-state index contributed by atoms with van der Waals surface area (Å²) in [4.78, 5) is 146. The molecule has 0 aliphatic carbocycles. The van der Waals surface area contributed by atoms with Gasteiger partial charge in [0.05, 0.1) is 25.7 Å². The highest BCUT2D eigenvalue weighted by atomic mass is 28.3. The van der Waals surface area contributed by atoms with Gasteiger partial charge in [0, 0.05) is 83.4 Å². The van der Waals surface area contributed by atoms with Gasteiger partial charge in [-0.1, -0.05) is 26.6 Å². The number of nitrogens with one attached hydrogen (secondary N) is 2. The lowest BCUT2D eigenvalue weighted by molar-refractivity contribution is -0.391. The summed E-state index contributed by atoms with van der Waals surface area (Å²) in [6.07, 6.45) is -35.1. The van der Waals surface area contributed by atoms with Crippen LogP contribution in [0.3, 0.4) is 0 Å². The molecule has 34 heteroatoms. The Bertz CT molecular complexity index is 2480. The second-order valence-corrected chi connectivity index (χ2v) is 28.4. The Morgan fingerprint density at radius 2 is 1.15 bits per heavy atom. The molecule has 4 heterocycles. The highest BCUT2D eigenvalue weighted by Gasteiger charge is 2.64. The van der Waals surface area contributed by atoms with E-state index in [0.717, 1.165) is 69.4 Å². The summed E-state index contributed by atoms with van der Waals surface area (Å²) in [6.45, 7) is 15.4. The quantitative estimate of drug-likeness (QED) is 0.0341. The molecule has 2 amide bonds. The van der Waals surface area contributed by atoms with Crippen molar-refractivity contribution in [2.45, 2.75) is 249 Å². The summed E-state index contributed by atoms with van der Waals surface area (Å²) in [5.74, 6) is -14.5. The molecule has 4 aliphatic rings. The zero-order chi connectivity index (χ0) is 67.0. The predicted octanol–water partition coefficient (Wildman–Crippen LogP) is -1.43. The van der Waals surface area contributed by atoms with Gasteiger partial charge in [0.15, 0.2) is 43.3 Å². The van der Waals surface area contributed by atoms with Crippen molar-refractivity contribution in [1.82, 2.24) is 10.6 Å². The number of esters is 9. The third-order valence-corrected chi connectivity index (χ3v) is 15.6. The van der Waals surface area contributed by atoms with Crippen LogP contribution in [-0.2, 0) is 133 Å². The Morgan fingerprint density at radius 3 is 1.66 bits per heavy atom. The van der Waals surface area contributed by atoms with E-state index in [-0.39, 0.29) is 13.0 Å². The molecule has 0 aromatic heterocycles. The molecule has 0 saturated carbocycles. The Balaban J connectivity index is 2.15. The van der Waals surface area contributed by atoms with Gasteiger partial charge in [0.2, 0.25) is 11.8 Å². The number of hydrogen-bond donors (Lipinski definition) is 5. The molecule has 89 heavy (non-hydrogen) atoms. The average molecular weight is 1300 g/mol. The maximum atomic E-state index is 15.0. The summed E-state index contributed by atoms with van der Waals surface area (Å²) in [7, 11) is -1.06. The van der Waals surface area contributed by atoms with Gasteiger partial charge in [0.1, 0.15) is 86.9 Å². The minimum Gasteiger partial charge on any atom is -0.465 e. The highest BCUT2D eigenvalue weighted by molar-refractivity contribution is 6.76. The molecule has 4 fully saturated rings. The summed E-state index contributed by atoms with van der Waals surface area (Å²) in [6, 6.07) is -2.74. The second kappa shape index (κ2) is 33.8. The number of hydrogen-bond acceptors (Lipinski definition) is 31. The third kappa shape index (κ3) is 22.1. The van der Waals surface area contributed by atoms with E-state index in [4.69, 9.17) is 80.5 Å². The van der Waals surface area contributed by atoms with Crippen LogP contribution < -0.4 is 10.6 Å². The molecule has 0 spiro atoms. The number of ether oxygens (including phenoxy) is 17. The molecule has 33 nitrogen and oxygen atoms in total. The van der Waals surface area contributed by atoms with E-state index in [2.05, 4.69) is 30.3 Å². The number of amides is 2. The topological polar surface area (TPSA) is 429 Å². The van der Waals surface area contributed by atoms with Crippen LogP contribution in [0.25, 0.3) is 0 Å². The van der Waals surface area contributed by atoms with Crippen LogP contribution in [0, 0.1) is 0 Å². The van der Waals surface area contributed by atoms with E-state index in [1.54, 1.807) is 6.92 Å². The van der Waals surface area contributed by atoms with Gasteiger partial charge < -0.3 is 106 Å². The van der Waals surface area contributed by atoms with Crippen LogP contribution in [-0.4, -0.2) is 251 Å². The Hall–Kier alpha value is -6.05. The fourth-order valence-electron chi connectivity index (χ4n) is 10.1. The summed E-state index contributed by atoms with van der Waals surface area (Å²) in [5, 5.41) is 38.7. The average Bonchev–Trinajstić information content (AvgIpc) is 0.768. The van der Waals surface area contributed by atoms with Gasteiger partial charge >= 0.3 is 53.7 Å². The number of rotatable bonds is 28. The Morgan fingerprint density at radius 1 is 0.596 bits per heavy atom. The van der Waals surface area contributed by atoms with Crippen molar-refractivity contribution < 1.29 is 149 Å². The van der Waals surface area contributed by atoms with E-state index >= 15 is 0 Å². The van der Waals surface area contributed by atoms with Crippen molar-refractivity contribution in [3.8, 4) is 0 Å². The Labute approximate surface area is 514 Å². The van der Waals surface area contributed by atoms with Crippen molar-refractivity contribution in [3.05, 3.63) is 0 Å². The maximum absolute atomic E-state index is 15.0. The molecule has 5 N–H and O–H groups in total. The minimum absolute atomic E-state index is 0.0190. The van der Waals surface area contributed by atoms with Crippen LogP contribution in [0.5, 0.6) is 0 Å². The normalized spacial score (nSPS) is 32.7. The molecule has 4 saturated heterocycles. The molecular formula is C55H86N2O31Si. The SMILES string of the molecule is CCCC(=O)N[C@H]1[C@H](OCC[Si](C)(C)C)O[C@H](COC(C)=O)[C@@H](O[C@@H]2O[C@H](COC(C)=O)[C@H](OC(C)=O)[C@H](O[C@]3(C(=O)OC)C[C@H](OC(C)=O)[C@@H](NC(C)=O)[C@H]([C@H](OC(C)=O)[C@@H](COC(C)=O)OC(C)=O)O3)[C@H]2OC(C)=O)[C@@H]1O[C@@H]1O[C@@H](C)[C@@H](O)[C@@H](O)[C@@H]1O.